The number of nitrogens with zero attached hydrogens (tertiary/aromatic N) is 2. The molecular formula is C24H28N2O3S. The molecule has 158 valence electrons. The summed E-state index contributed by atoms with van der Waals surface area (Å²) in [5.41, 5.74) is 2.39. The number of carboxylic acid groups (broad SMARTS) is 1. The molecule has 1 unspecified atom stereocenters. The van der Waals surface area contributed by atoms with E-state index in [4.69, 9.17) is 5.11 Å². The monoisotopic (exact) mass is 424 g/mol. The second-order valence-electron chi connectivity index (χ2n) is 7.07. The summed E-state index contributed by atoms with van der Waals surface area (Å²) < 4.78 is 2.25. The molecule has 4 rings (SSSR count). The van der Waals surface area contributed by atoms with Crippen molar-refractivity contribution in [3.05, 3.63) is 70.9 Å². The van der Waals surface area contributed by atoms with Gasteiger partial charge in [0.05, 0.1) is 12.6 Å². The van der Waals surface area contributed by atoms with Crippen LogP contribution in [-0.4, -0.2) is 51.4 Å². The van der Waals surface area contributed by atoms with Crippen molar-refractivity contribution in [2.75, 3.05) is 19.6 Å². The lowest BCUT2D eigenvalue weighted by Gasteiger charge is -2.22. The van der Waals surface area contributed by atoms with Crippen molar-refractivity contribution in [3.8, 4) is 0 Å². The number of benzene rings is 2. The van der Waals surface area contributed by atoms with Crippen molar-refractivity contribution >= 4 is 39.1 Å². The zero-order chi connectivity index (χ0) is 21.5. The number of likely N-dealkylation sites (N-methyl/N-ethyl adjacent to an activating group) is 1. The Morgan fingerprint density at radius 1 is 0.967 bits per heavy atom. The Morgan fingerprint density at radius 2 is 1.53 bits per heavy atom. The van der Waals surface area contributed by atoms with E-state index in [-0.39, 0.29) is 6.10 Å². The molecule has 1 atom stereocenters. The molecule has 0 fully saturated rings. The predicted molar refractivity (Wildman–Crippen MR) is 125 cm³/mol. The van der Waals surface area contributed by atoms with E-state index in [0.717, 1.165) is 13.1 Å². The van der Waals surface area contributed by atoms with Crippen LogP contribution in [0, 0.1) is 0 Å². The largest absolute Gasteiger partial charge is 0.477 e. The highest BCUT2D eigenvalue weighted by molar-refractivity contribution is 7.11. The van der Waals surface area contributed by atoms with Crippen molar-refractivity contribution in [2.24, 2.45) is 0 Å². The van der Waals surface area contributed by atoms with Crippen molar-refractivity contribution < 1.29 is 15.0 Å². The second-order valence-corrected chi connectivity index (χ2v) is 8.01. The molecular weight excluding hydrogens is 396 g/mol. The summed E-state index contributed by atoms with van der Waals surface area (Å²) in [6, 6.07) is 20.2. The minimum atomic E-state index is -0.847. The highest BCUT2D eigenvalue weighted by Gasteiger charge is 2.14. The molecule has 4 aromatic rings. The van der Waals surface area contributed by atoms with E-state index in [1.165, 1.54) is 33.1 Å². The third-order valence-electron chi connectivity index (χ3n) is 5.17. The number of para-hydroxylation sites is 2. The number of hydrogen-bond acceptors (Lipinski definition) is 4. The van der Waals surface area contributed by atoms with Crippen LogP contribution in [0.25, 0.3) is 21.8 Å². The number of carboxylic acids is 1. The van der Waals surface area contributed by atoms with E-state index in [1.54, 1.807) is 17.5 Å². The number of rotatable bonds is 7. The zero-order valence-corrected chi connectivity index (χ0v) is 18.2. The summed E-state index contributed by atoms with van der Waals surface area (Å²) in [6.45, 7) is 7.56. The molecule has 2 N–H and O–H groups in total. The van der Waals surface area contributed by atoms with Crippen LogP contribution >= 0.6 is 11.3 Å². The second kappa shape index (κ2) is 10.4. The number of carbonyl (C=O) groups is 1. The van der Waals surface area contributed by atoms with Crippen molar-refractivity contribution in [1.29, 1.82) is 0 Å². The molecule has 30 heavy (non-hydrogen) atoms. The van der Waals surface area contributed by atoms with E-state index in [2.05, 4.69) is 71.8 Å². The average Bonchev–Trinajstić information content (AvgIpc) is 3.41. The molecule has 5 nitrogen and oxygen atoms in total. The molecule has 6 heteroatoms. The fourth-order valence-corrected chi connectivity index (χ4v) is 4.21. The maximum Gasteiger partial charge on any atom is 0.345 e. The maximum absolute atomic E-state index is 10.5. The van der Waals surface area contributed by atoms with Gasteiger partial charge in [0.25, 0.3) is 0 Å². The van der Waals surface area contributed by atoms with Gasteiger partial charge < -0.3 is 19.7 Å². The van der Waals surface area contributed by atoms with Crippen molar-refractivity contribution in [2.45, 2.75) is 26.5 Å². The third-order valence-corrected chi connectivity index (χ3v) is 6.03. The first-order valence-electron chi connectivity index (χ1n) is 10.2. The molecule has 0 aliphatic rings. The van der Waals surface area contributed by atoms with Gasteiger partial charge in [-0.25, -0.2) is 4.79 Å². The summed E-state index contributed by atoms with van der Waals surface area (Å²) >= 11 is 1.23. The van der Waals surface area contributed by atoms with Gasteiger partial charge in [-0.1, -0.05) is 56.3 Å². The molecule has 2 aromatic carbocycles. The lowest BCUT2D eigenvalue weighted by atomic mass is 10.2. The highest BCUT2D eigenvalue weighted by Crippen LogP contribution is 2.28. The first-order chi connectivity index (χ1) is 14.5. The quantitative estimate of drug-likeness (QED) is 0.441. The fourth-order valence-electron chi connectivity index (χ4n) is 3.65. The van der Waals surface area contributed by atoms with E-state index >= 15 is 0 Å². The predicted octanol–water partition coefficient (Wildman–Crippen LogP) is 4.94. The minimum Gasteiger partial charge on any atom is -0.477 e. The lowest BCUT2D eigenvalue weighted by molar-refractivity contribution is 0.0702. The summed E-state index contributed by atoms with van der Waals surface area (Å²) in [5, 5.41) is 23.0. The van der Waals surface area contributed by atoms with Gasteiger partial charge >= 0.3 is 5.97 Å². The molecule has 0 saturated carbocycles. The number of fused-ring (bicyclic) bond motifs is 3. The number of aliphatic hydroxyl groups is 1. The standard InChI is InChI=1S/C19H24N2O.C5H4O2S/c1-3-20(4-2)13-15(22)14-21-18-11-7-5-9-16(18)17-10-6-8-12-19(17)21;6-5(7)4-2-1-3-8-4/h5-12,15,22H,3-4,13-14H2,1-2H3;1-3H,(H,6,7). The van der Waals surface area contributed by atoms with Gasteiger partial charge in [-0.2, -0.15) is 0 Å². The van der Waals surface area contributed by atoms with Crippen molar-refractivity contribution in [1.82, 2.24) is 9.47 Å². The summed E-state index contributed by atoms with van der Waals surface area (Å²) in [5.74, 6) is -0.847. The Kier molecular flexibility index (Phi) is 7.63. The van der Waals surface area contributed by atoms with Gasteiger partial charge in [0, 0.05) is 28.4 Å². The number of aromatic nitrogens is 1. The topological polar surface area (TPSA) is 65.7 Å². The Balaban J connectivity index is 0.000000269. The van der Waals surface area contributed by atoms with E-state index in [9.17, 15) is 9.90 Å². The Labute approximate surface area is 180 Å². The lowest BCUT2D eigenvalue weighted by Crippen LogP contribution is -2.34. The number of aromatic carboxylic acids is 1. The Bertz CT molecular complexity index is 1030. The molecule has 2 aromatic heterocycles. The highest BCUT2D eigenvalue weighted by atomic mass is 32.1. The molecule has 0 radical (unpaired) electrons. The smallest absolute Gasteiger partial charge is 0.345 e. The van der Waals surface area contributed by atoms with Crippen LogP contribution in [0.4, 0.5) is 0 Å². The van der Waals surface area contributed by atoms with Crippen LogP contribution in [0.3, 0.4) is 0 Å². The average molecular weight is 425 g/mol. The summed E-state index contributed by atoms with van der Waals surface area (Å²) in [6.07, 6.45) is -0.362. The Hall–Kier alpha value is -2.67. The van der Waals surface area contributed by atoms with E-state index < -0.39 is 5.97 Å². The zero-order valence-electron chi connectivity index (χ0n) is 17.4. The van der Waals surface area contributed by atoms with Gasteiger partial charge in [-0.15, -0.1) is 11.3 Å². The van der Waals surface area contributed by atoms with E-state index in [0.29, 0.717) is 18.0 Å². The molecule has 0 amide bonds. The minimum absolute atomic E-state index is 0.362. The molecule has 0 bridgehead atoms. The van der Waals surface area contributed by atoms with Gasteiger partial charge in [0.1, 0.15) is 4.88 Å². The fraction of sp³-hybridized carbons (Fsp3) is 0.292. The van der Waals surface area contributed by atoms with Crippen molar-refractivity contribution in [3.63, 3.8) is 0 Å². The van der Waals surface area contributed by atoms with Crippen LogP contribution < -0.4 is 0 Å². The van der Waals surface area contributed by atoms with Crippen LogP contribution in [0.1, 0.15) is 23.5 Å². The van der Waals surface area contributed by atoms with Gasteiger partial charge in [0.2, 0.25) is 0 Å². The molecule has 0 saturated heterocycles. The van der Waals surface area contributed by atoms with Crippen LogP contribution in [0.2, 0.25) is 0 Å². The molecule has 0 aliphatic heterocycles. The first kappa shape index (κ1) is 22.0. The van der Waals surface area contributed by atoms with Gasteiger partial charge in [-0.05, 0) is 36.7 Å². The molecule has 2 heterocycles. The molecule has 0 spiro atoms. The van der Waals surface area contributed by atoms with Crippen LogP contribution in [0.5, 0.6) is 0 Å². The summed E-state index contributed by atoms with van der Waals surface area (Å²) in [4.78, 5) is 12.7. The SMILES string of the molecule is CCN(CC)CC(O)Cn1c2ccccc2c2ccccc21.O=C(O)c1cccs1. The first-order valence-corrected chi connectivity index (χ1v) is 11.1. The third kappa shape index (κ3) is 5.08. The number of thiophene rings is 1. The van der Waals surface area contributed by atoms with E-state index in [1.807, 2.05) is 0 Å². The summed E-state index contributed by atoms with van der Waals surface area (Å²) in [7, 11) is 0. The normalized spacial score (nSPS) is 12.1. The van der Waals surface area contributed by atoms with Gasteiger partial charge in [0.15, 0.2) is 0 Å². The van der Waals surface area contributed by atoms with Crippen LogP contribution in [0.15, 0.2) is 66.0 Å². The van der Waals surface area contributed by atoms with Crippen LogP contribution in [-0.2, 0) is 6.54 Å². The maximum atomic E-state index is 10.5. The molecule has 0 aliphatic carbocycles. The Morgan fingerprint density at radius 3 is 1.97 bits per heavy atom. The number of hydrogen-bond donors (Lipinski definition) is 2. The number of aliphatic hydroxyl groups excluding tert-OH is 1. The van der Waals surface area contributed by atoms with Gasteiger partial charge in [-0.3, -0.25) is 0 Å².